The molecule has 3 unspecified atom stereocenters. The zero-order valence-corrected chi connectivity index (χ0v) is 27.9. The maximum Gasteiger partial charge on any atom is 0.195 e. The van der Waals surface area contributed by atoms with Crippen molar-refractivity contribution in [2.45, 2.75) is 166 Å². The average molecular weight is 557 g/mol. The molecule has 0 N–H and O–H groups in total. The van der Waals surface area contributed by atoms with Gasteiger partial charge in [0.1, 0.15) is 0 Å². The summed E-state index contributed by atoms with van der Waals surface area (Å²) in [6.45, 7) is 15.5. The largest absolute Gasteiger partial charge is 0.413 e. The van der Waals surface area contributed by atoms with Gasteiger partial charge in [-0.05, 0) is 133 Å². The fourth-order valence-electron chi connectivity index (χ4n) is 12.6. The minimum Gasteiger partial charge on any atom is -0.413 e. The van der Waals surface area contributed by atoms with Gasteiger partial charge in [0.25, 0.3) is 0 Å². The average Bonchev–Trinajstić information content (AvgIpc) is 3.22. The fourth-order valence-corrected chi connectivity index (χ4v) is 21.6. The summed E-state index contributed by atoms with van der Waals surface area (Å²) in [6, 6.07) is 5.80. The van der Waals surface area contributed by atoms with Crippen molar-refractivity contribution in [3.8, 4) is 0 Å². The predicted molar refractivity (Wildman–Crippen MR) is 163 cm³/mol. The first-order valence-electron chi connectivity index (χ1n) is 17.5. The molecule has 4 heteroatoms. The monoisotopic (exact) mass is 556 g/mol. The van der Waals surface area contributed by atoms with E-state index >= 15 is 0 Å². The summed E-state index contributed by atoms with van der Waals surface area (Å²) in [7, 11) is -3.10. The van der Waals surface area contributed by atoms with Gasteiger partial charge in [0, 0.05) is 0 Å². The lowest BCUT2D eigenvalue weighted by Crippen LogP contribution is -2.59. The third-order valence-electron chi connectivity index (χ3n) is 15.1. The van der Waals surface area contributed by atoms with Gasteiger partial charge in [0.15, 0.2) is 16.6 Å². The number of rotatable bonds is 6. The van der Waals surface area contributed by atoms with E-state index in [0.29, 0.717) is 23.0 Å². The highest BCUT2D eigenvalue weighted by atomic mass is 28.4. The van der Waals surface area contributed by atoms with E-state index in [4.69, 9.17) is 8.85 Å². The van der Waals surface area contributed by atoms with Crippen molar-refractivity contribution in [1.82, 2.24) is 0 Å². The number of fused-ring (bicyclic) bond motifs is 6. The third kappa shape index (κ3) is 3.94. The first-order valence-corrected chi connectivity index (χ1v) is 22.3. The second-order valence-electron chi connectivity index (χ2n) is 17.1. The Labute approximate surface area is 237 Å². The molecule has 2 heterocycles. The van der Waals surface area contributed by atoms with E-state index in [0.717, 1.165) is 46.6 Å². The van der Waals surface area contributed by atoms with Crippen LogP contribution in [0.15, 0.2) is 0 Å². The van der Waals surface area contributed by atoms with E-state index in [1.54, 1.807) is 0 Å². The van der Waals surface area contributed by atoms with Gasteiger partial charge < -0.3 is 8.85 Å². The van der Waals surface area contributed by atoms with Gasteiger partial charge in [-0.3, -0.25) is 0 Å². The molecule has 2 nitrogen and oxygen atoms in total. The third-order valence-corrected chi connectivity index (χ3v) is 25.6. The van der Waals surface area contributed by atoms with Gasteiger partial charge >= 0.3 is 0 Å². The van der Waals surface area contributed by atoms with Crippen molar-refractivity contribution < 1.29 is 8.85 Å². The highest BCUT2D eigenvalue weighted by Gasteiger charge is 2.67. The van der Waals surface area contributed by atoms with Gasteiger partial charge in [0.2, 0.25) is 0 Å². The highest BCUT2D eigenvalue weighted by Crippen LogP contribution is 2.71. The molecule has 7 aliphatic rings. The van der Waals surface area contributed by atoms with Crippen LogP contribution in [-0.2, 0) is 8.85 Å². The molecule has 7 rings (SSSR count). The van der Waals surface area contributed by atoms with Crippen LogP contribution < -0.4 is 0 Å². The van der Waals surface area contributed by atoms with Crippen LogP contribution in [0, 0.1) is 46.3 Å². The maximum absolute atomic E-state index is 7.62. The van der Waals surface area contributed by atoms with E-state index in [9.17, 15) is 0 Å². The Bertz CT molecular complexity index is 891. The number of hydrogen-bond acceptors (Lipinski definition) is 2. The van der Waals surface area contributed by atoms with Crippen LogP contribution >= 0.6 is 0 Å². The van der Waals surface area contributed by atoms with E-state index in [1.807, 2.05) is 0 Å². The summed E-state index contributed by atoms with van der Waals surface area (Å²) in [5.41, 5.74) is 2.58. The molecule has 0 amide bonds. The summed E-state index contributed by atoms with van der Waals surface area (Å²) in [6.07, 6.45) is 18.7. The Morgan fingerprint density at radius 3 is 1.84 bits per heavy atom. The first kappa shape index (κ1) is 27.2. The maximum atomic E-state index is 7.62. The Morgan fingerprint density at radius 1 is 0.632 bits per heavy atom. The fraction of sp³-hybridized carbons (Fsp3) is 1.00. The summed E-state index contributed by atoms with van der Waals surface area (Å²) in [4.78, 5) is 0. The lowest BCUT2D eigenvalue weighted by Gasteiger charge is -2.62. The zero-order chi connectivity index (χ0) is 26.5. The van der Waals surface area contributed by atoms with E-state index < -0.39 is 16.6 Å². The summed E-state index contributed by atoms with van der Waals surface area (Å²) >= 11 is 0. The van der Waals surface area contributed by atoms with Crippen molar-refractivity contribution in [2.24, 2.45) is 46.3 Å². The lowest BCUT2D eigenvalue weighted by molar-refractivity contribution is -0.147. The van der Waals surface area contributed by atoms with E-state index in [-0.39, 0.29) is 0 Å². The second-order valence-corrected chi connectivity index (χ2v) is 26.1. The smallest absolute Gasteiger partial charge is 0.195 e. The lowest BCUT2D eigenvalue weighted by atomic mass is 9.45. The summed E-state index contributed by atoms with van der Waals surface area (Å²) in [5, 5.41) is 0. The minimum absolute atomic E-state index is 0.451. The molecule has 0 spiro atoms. The van der Waals surface area contributed by atoms with Crippen molar-refractivity contribution in [1.29, 1.82) is 0 Å². The van der Waals surface area contributed by atoms with Crippen LogP contribution in [0.4, 0.5) is 0 Å². The van der Waals surface area contributed by atoms with Gasteiger partial charge in [0.05, 0.1) is 12.2 Å². The molecule has 5 aliphatic carbocycles. The second kappa shape index (κ2) is 9.43. The van der Waals surface area contributed by atoms with Gasteiger partial charge in [-0.25, -0.2) is 0 Å². The van der Waals surface area contributed by atoms with Crippen molar-refractivity contribution >= 4 is 16.6 Å². The molecule has 216 valence electrons. The molecule has 2 aliphatic heterocycles. The van der Waals surface area contributed by atoms with E-state index in [2.05, 4.69) is 41.5 Å². The highest BCUT2D eigenvalue weighted by molar-refractivity contribution is 6.76. The van der Waals surface area contributed by atoms with Crippen LogP contribution in [-0.4, -0.2) is 28.8 Å². The number of hydrogen-bond donors (Lipinski definition) is 0. The Kier molecular flexibility index (Phi) is 6.75. The molecule has 38 heavy (non-hydrogen) atoms. The quantitative estimate of drug-likeness (QED) is 0.303. The Balaban J connectivity index is 1.12. The van der Waals surface area contributed by atoms with Crippen LogP contribution in [0.3, 0.4) is 0 Å². The van der Waals surface area contributed by atoms with Gasteiger partial charge in [-0.2, -0.15) is 0 Å². The zero-order valence-electron chi connectivity index (χ0n) is 25.9. The van der Waals surface area contributed by atoms with Gasteiger partial charge in [-0.1, -0.05) is 67.2 Å². The summed E-state index contributed by atoms with van der Waals surface area (Å²) < 4.78 is 15.1. The topological polar surface area (TPSA) is 18.5 Å². The molecule has 7 fully saturated rings. The van der Waals surface area contributed by atoms with Crippen LogP contribution in [0.25, 0.3) is 0 Å². The van der Waals surface area contributed by atoms with Crippen molar-refractivity contribution in [3.05, 3.63) is 0 Å². The first-order chi connectivity index (χ1) is 18.1. The molecule has 10 atom stereocenters. The van der Waals surface area contributed by atoms with Crippen molar-refractivity contribution in [3.63, 3.8) is 0 Å². The normalized spacial score (nSPS) is 50.5. The molecule has 0 aromatic rings. The van der Waals surface area contributed by atoms with Crippen LogP contribution in [0.1, 0.15) is 119 Å². The van der Waals surface area contributed by atoms with Gasteiger partial charge in [-0.15, -0.1) is 0 Å². The molecular weight excluding hydrogens is 497 g/mol. The molecule has 5 saturated carbocycles. The molecule has 0 aromatic carbocycles. The molecule has 0 radical (unpaired) electrons. The Morgan fingerprint density at radius 2 is 1.21 bits per heavy atom. The molecule has 0 aromatic heterocycles. The minimum atomic E-state index is -1.55. The van der Waals surface area contributed by atoms with E-state index in [1.165, 1.54) is 101 Å². The molecular formula is C34H60O2Si2. The predicted octanol–water partition coefficient (Wildman–Crippen LogP) is 9.95. The van der Waals surface area contributed by atoms with Crippen molar-refractivity contribution in [2.75, 3.05) is 0 Å². The van der Waals surface area contributed by atoms with Crippen LogP contribution in [0.2, 0.25) is 35.3 Å². The molecule has 2 saturated heterocycles. The SMILES string of the molecule is CC(C)[Si]1(O[C@@H]2[C@@H]3C[C@@H]3C[C@]3(C)C4CC[C@@]5(C)C(CC[C@H]5O[Si]5(C(C)C)CCCC5)C4CC[C@@H]23)CCCC1. The Hall–Kier alpha value is 0.354. The van der Waals surface area contributed by atoms with Crippen LogP contribution in [0.5, 0.6) is 0 Å². The summed E-state index contributed by atoms with van der Waals surface area (Å²) in [5.74, 6) is 5.61. The standard InChI is InChI=1S/C34H60O2Si2/c1-23(2)37(17-7-8-18-37)35-31-14-13-28-26-11-12-30-32(36-38(24(3)4)19-9-10-20-38)27-21-25(27)22-34(30,6)29(26)15-16-33(28,31)5/h23-32H,7-22H2,1-6H3/t25-,26?,27-,28?,29?,30+,31-,32-,33+,34-/m1/s1. The molecule has 0 bridgehead atoms.